The largest absolute Gasteiger partial charge is 0.311 e. The van der Waals surface area contributed by atoms with Crippen LogP contribution in [-0.4, -0.2) is 15.2 Å². The molecule has 0 unspecified atom stereocenters. The number of hydrogen-bond acceptors (Lipinski definition) is 2. The fraction of sp³-hybridized carbons (Fsp3) is 0.333. The minimum Gasteiger partial charge on any atom is -0.311 e. The van der Waals surface area contributed by atoms with Gasteiger partial charge in [-0.25, -0.2) is 0 Å². The van der Waals surface area contributed by atoms with Crippen molar-refractivity contribution in [3.63, 3.8) is 0 Å². The van der Waals surface area contributed by atoms with Gasteiger partial charge in [-0.3, -0.25) is 9.78 Å². The average molecular weight is 202 g/mol. The Morgan fingerprint density at radius 3 is 2.73 bits per heavy atom. The fourth-order valence-electron chi connectivity index (χ4n) is 1.80. The van der Waals surface area contributed by atoms with Crippen LogP contribution in [0.15, 0.2) is 24.5 Å². The molecule has 0 saturated carbocycles. The minimum atomic E-state index is 0.0795. The van der Waals surface area contributed by atoms with Crippen molar-refractivity contribution < 1.29 is 4.79 Å². The number of ketones is 1. The maximum atomic E-state index is 11.4. The van der Waals surface area contributed by atoms with Crippen molar-refractivity contribution in [2.75, 3.05) is 0 Å². The second-order valence-corrected chi connectivity index (χ2v) is 4.00. The summed E-state index contributed by atoms with van der Waals surface area (Å²) in [5, 5.41) is 0. The first-order valence-corrected chi connectivity index (χ1v) is 5.08. The number of hydrogen-bond donors (Lipinski definition) is 0. The summed E-state index contributed by atoms with van der Waals surface area (Å²) in [6, 6.07) is 3.81. The van der Waals surface area contributed by atoms with Crippen LogP contribution in [0.2, 0.25) is 0 Å². The molecular formula is C12H14N2O. The van der Waals surface area contributed by atoms with Crippen molar-refractivity contribution in [3.8, 4) is 0 Å². The molecule has 2 aromatic rings. The van der Waals surface area contributed by atoms with Gasteiger partial charge in [0.1, 0.15) is 0 Å². The van der Waals surface area contributed by atoms with Crippen molar-refractivity contribution in [3.05, 3.63) is 35.9 Å². The Balaban J connectivity index is 2.74. The lowest BCUT2D eigenvalue weighted by molar-refractivity contribution is 0.101. The van der Waals surface area contributed by atoms with Crippen molar-refractivity contribution in [2.24, 2.45) is 0 Å². The Kier molecular flexibility index (Phi) is 2.31. The Hall–Kier alpha value is -1.64. The van der Waals surface area contributed by atoms with E-state index in [0.717, 1.165) is 11.2 Å². The molecular weight excluding hydrogens is 188 g/mol. The van der Waals surface area contributed by atoms with E-state index in [2.05, 4.69) is 18.8 Å². The van der Waals surface area contributed by atoms with Crippen LogP contribution in [0.5, 0.6) is 0 Å². The van der Waals surface area contributed by atoms with Gasteiger partial charge in [0, 0.05) is 19.3 Å². The van der Waals surface area contributed by atoms with Gasteiger partial charge < -0.3 is 4.40 Å². The number of carbonyl (C=O) groups excluding carboxylic acids is 1. The predicted octanol–water partition coefficient (Wildman–Crippen LogP) is 2.66. The van der Waals surface area contributed by atoms with Gasteiger partial charge in [0.2, 0.25) is 0 Å². The van der Waals surface area contributed by atoms with Crippen molar-refractivity contribution in [1.29, 1.82) is 0 Å². The molecule has 0 atom stereocenters. The first kappa shape index (κ1) is 9.90. The van der Waals surface area contributed by atoms with Crippen LogP contribution in [0.1, 0.15) is 42.9 Å². The van der Waals surface area contributed by atoms with Crippen LogP contribution < -0.4 is 0 Å². The molecule has 15 heavy (non-hydrogen) atoms. The molecule has 3 heteroatoms. The molecule has 2 aromatic heterocycles. The molecule has 0 aromatic carbocycles. The predicted molar refractivity (Wildman–Crippen MR) is 59.3 cm³/mol. The van der Waals surface area contributed by atoms with Gasteiger partial charge in [-0.1, -0.05) is 13.8 Å². The van der Waals surface area contributed by atoms with Gasteiger partial charge in [-0.2, -0.15) is 0 Å². The SMILES string of the molecule is CC(=O)c1ccc2c(C(C)C)nccn12. The summed E-state index contributed by atoms with van der Waals surface area (Å²) < 4.78 is 1.91. The Bertz CT molecular complexity index is 511. The van der Waals surface area contributed by atoms with E-state index < -0.39 is 0 Å². The molecule has 2 rings (SSSR count). The van der Waals surface area contributed by atoms with Gasteiger partial charge in [0.15, 0.2) is 5.78 Å². The summed E-state index contributed by atoms with van der Waals surface area (Å²) in [7, 11) is 0. The summed E-state index contributed by atoms with van der Waals surface area (Å²) >= 11 is 0. The van der Waals surface area contributed by atoms with E-state index in [0.29, 0.717) is 11.6 Å². The lowest BCUT2D eigenvalue weighted by Gasteiger charge is -2.07. The van der Waals surface area contributed by atoms with E-state index in [1.54, 1.807) is 13.1 Å². The van der Waals surface area contributed by atoms with Crippen LogP contribution in [0.25, 0.3) is 5.52 Å². The molecule has 3 nitrogen and oxygen atoms in total. The molecule has 2 heterocycles. The number of aromatic nitrogens is 2. The zero-order chi connectivity index (χ0) is 11.0. The first-order chi connectivity index (χ1) is 7.11. The summed E-state index contributed by atoms with van der Waals surface area (Å²) in [6.45, 7) is 5.78. The van der Waals surface area contributed by atoms with Crippen LogP contribution in [-0.2, 0) is 0 Å². The molecule has 0 radical (unpaired) electrons. The monoisotopic (exact) mass is 202 g/mol. The van der Waals surface area contributed by atoms with E-state index >= 15 is 0 Å². The molecule has 78 valence electrons. The smallest absolute Gasteiger partial charge is 0.176 e. The number of nitrogens with zero attached hydrogens (tertiary/aromatic N) is 2. The maximum absolute atomic E-state index is 11.4. The quantitative estimate of drug-likeness (QED) is 0.701. The lowest BCUT2D eigenvalue weighted by Crippen LogP contribution is -2.02. The van der Waals surface area contributed by atoms with Crippen LogP contribution >= 0.6 is 0 Å². The number of rotatable bonds is 2. The maximum Gasteiger partial charge on any atom is 0.176 e. The number of Topliss-reactive ketones (excluding diaryl/α,β-unsaturated/α-hetero) is 1. The average Bonchev–Trinajstić information content (AvgIpc) is 2.59. The molecule has 0 fully saturated rings. The normalized spacial score (nSPS) is 11.2. The molecule has 0 amide bonds. The van der Waals surface area contributed by atoms with Gasteiger partial charge in [0.25, 0.3) is 0 Å². The zero-order valence-electron chi connectivity index (χ0n) is 9.19. The van der Waals surface area contributed by atoms with Crippen LogP contribution in [0.4, 0.5) is 0 Å². The Labute approximate surface area is 88.8 Å². The van der Waals surface area contributed by atoms with Crippen LogP contribution in [0.3, 0.4) is 0 Å². The summed E-state index contributed by atoms with van der Waals surface area (Å²) in [5.41, 5.74) is 2.78. The summed E-state index contributed by atoms with van der Waals surface area (Å²) in [4.78, 5) is 15.7. The van der Waals surface area contributed by atoms with E-state index in [-0.39, 0.29) is 5.78 Å². The fourth-order valence-corrected chi connectivity index (χ4v) is 1.80. The highest BCUT2D eigenvalue weighted by atomic mass is 16.1. The highest BCUT2D eigenvalue weighted by Crippen LogP contribution is 2.20. The second kappa shape index (κ2) is 3.50. The molecule has 0 N–H and O–H groups in total. The first-order valence-electron chi connectivity index (χ1n) is 5.08. The standard InChI is InChI=1S/C12H14N2O/c1-8(2)12-11-5-4-10(9(3)15)14(11)7-6-13-12/h4-8H,1-3H3. The second-order valence-electron chi connectivity index (χ2n) is 4.00. The molecule has 0 spiro atoms. The third-order valence-corrected chi connectivity index (χ3v) is 2.52. The summed E-state index contributed by atoms with van der Waals surface area (Å²) in [5.74, 6) is 0.444. The molecule has 0 saturated heterocycles. The Morgan fingerprint density at radius 1 is 1.40 bits per heavy atom. The minimum absolute atomic E-state index is 0.0795. The summed E-state index contributed by atoms with van der Waals surface area (Å²) in [6.07, 6.45) is 3.58. The van der Waals surface area contributed by atoms with E-state index in [1.807, 2.05) is 22.7 Å². The van der Waals surface area contributed by atoms with E-state index in [1.165, 1.54) is 0 Å². The highest BCUT2D eigenvalue weighted by molar-refractivity contribution is 5.94. The van der Waals surface area contributed by atoms with Crippen molar-refractivity contribution in [1.82, 2.24) is 9.38 Å². The van der Waals surface area contributed by atoms with Gasteiger partial charge in [-0.05, 0) is 18.1 Å². The highest BCUT2D eigenvalue weighted by Gasteiger charge is 2.11. The number of carbonyl (C=O) groups is 1. The Morgan fingerprint density at radius 2 is 2.13 bits per heavy atom. The van der Waals surface area contributed by atoms with Gasteiger partial charge in [-0.15, -0.1) is 0 Å². The zero-order valence-corrected chi connectivity index (χ0v) is 9.19. The topological polar surface area (TPSA) is 34.4 Å². The molecule has 0 bridgehead atoms. The number of fused-ring (bicyclic) bond motifs is 1. The van der Waals surface area contributed by atoms with Crippen molar-refractivity contribution >= 4 is 11.3 Å². The molecule has 0 aliphatic rings. The van der Waals surface area contributed by atoms with Crippen molar-refractivity contribution in [2.45, 2.75) is 26.7 Å². The van der Waals surface area contributed by atoms with Gasteiger partial charge in [0.05, 0.1) is 16.9 Å². The third-order valence-electron chi connectivity index (χ3n) is 2.52. The molecule has 0 aliphatic carbocycles. The van der Waals surface area contributed by atoms with E-state index in [4.69, 9.17) is 0 Å². The van der Waals surface area contributed by atoms with E-state index in [9.17, 15) is 4.79 Å². The molecule has 0 aliphatic heterocycles. The third kappa shape index (κ3) is 1.54. The van der Waals surface area contributed by atoms with Gasteiger partial charge >= 0.3 is 0 Å². The van der Waals surface area contributed by atoms with Crippen LogP contribution in [0, 0.1) is 0 Å². The lowest BCUT2D eigenvalue weighted by atomic mass is 10.1.